The van der Waals surface area contributed by atoms with Gasteiger partial charge in [-0.3, -0.25) is 19.8 Å². The van der Waals surface area contributed by atoms with Crippen molar-refractivity contribution in [3.8, 4) is 11.5 Å². The van der Waals surface area contributed by atoms with Gasteiger partial charge in [-0.2, -0.15) is 0 Å². The third-order valence-electron chi connectivity index (χ3n) is 14.5. The Hall–Kier alpha value is -5.58. The molecular formula is C49H60N8O7S. The smallest absolute Gasteiger partial charge is 0.312 e. The van der Waals surface area contributed by atoms with Gasteiger partial charge < -0.3 is 24.7 Å². The Morgan fingerprint density at radius 2 is 1.77 bits per heavy atom. The minimum atomic E-state index is -4.60. The summed E-state index contributed by atoms with van der Waals surface area (Å²) in [5, 5.41) is 16.0. The summed E-state index contributed by atoms with van der Waals surface area (Å²) in [6.45, 7) is 12.7. The number of nitrogens with zero attached hydrogens (tertiary/aromatic N) is 5. The van der Waals surface area contributed by atoms with Gasteiger partial charge in [0.1, 0.15) is 22.0 Å². The first-order valence-corrected chi connectivity index (χ1v) is 24.7. The third-order valence-corrected chi connectivity index (χ3v) is 15.8. The first-order chi connectivity index (χ1) is 31.3. The number of piperidine rings is 1. The molecule has 9 rings (SSSR count). The SMILES string of the molecule is CC(C)c1ccccc1[C@@H]1C(C)OCCN1C1CC2(CCN(c3ccc(C(=O)NS(=O)(=O)c4cnc(NC[C@H]5CC[C@@H](C)CC5)c([N+](=O)[O-])c4)c(Oc4cnc5[nH]ccc5c4)c3)CC2)C1. The number of ether oxygens (including phenoxy) is 2. The van der Waals surface area contributed by atoms with Crippen LogP contribution in [-0.2, 0) is 14.8 Å². The summed E-state index contributed by atoms with van der Waals surface area (Å²) in [6.07, 6.45) is 13.0. The van der Waals surface area contributed by atoms with Crippen LogP contribution >= 0.6 is 0 Å². The van der Waals surface area contributed by atoms with E-state index in [4.69, 9.17) is 9.47 Å². The lowest BCUT2D eigenvalue weighted by molar-refractivity contribution is -0.384. The summed E-state index contributed by atoms with van der Waals surface area (Å²) in [7, 11) is -4.60. The van der Waals surface area contributed by atoms with Crippen LogP contribution in [0.2, 0.25) is 0 Å². The average molecular weight is 905 g/mol. The molecule has 5 aromatic rings. The Morgan fingerprint density at radius 1 is 1.00 bits per heavy atom. The summed E-state index contributed by atoms with van der Waals surface area (Å²) >= 11 is 0. The van der Waals surface area contributed by atoms with E-state index in [0.29, 0.717) is 41.7 Å². The van der Waals surface area contributed by atoms with Gasteiger partial charge in [-0.05, 0) is 104 Å². The molecule has 16 heteroatoms. The topological polar surface area (TPSA) is 185 Å². The van der Waals surface area contributed by atoms with Gasteiger partial charge in [0.2, 0.25) is 5.82 Å². The Labute approximate surface area is 380 Å². The van der Waals surface area contributed by atoms with Crippen molar-refractivity contribution >= 4 is 44.2 Å². The van der Waals surface area contributed by atoms with Gasteiger partial charge in [-0.25, -0.2) is 23.1 Å². The molecule has 3 N–H and O–H groups in total. The van der Waals surface area contributed by atoms with Crippen LogP contribution in [0.4, 0.5) is 17.2 Å². The fourth-order valence-corrected chi connectivity index (χ4v) is 11.7. The van der Waals surface area contributed by atoms with Gasteiger partial charge in [0.15, 0.2) is 0 Å². The van der Waals surface area contributed by atoms with Crippen LogP contribution < -0.4 is 19.7 Å². The number of rotatable bonds is 13. The molecule has 1 amide bonds. The number of benzene rings is 2. The number of aromatic amines is 1. The number of carbonyl (C=O) groups is 1. The number of amides is 1. The van der Waals surface area contributed by atoms with Gasteiger partial charge >= 0.3 is 5.69 Å². The minimum Gasteiger partial charge on any atom is -0.455 e. The van der Waals surface area contributed by atoms with Crippen molar-refractivity contribution in [2.45, 2.75) is 108 Å². The summed E-state index contributed by atoms with van der Waals surface area (Å²) < 4.78 is 42.2. The van der Waals surface area contributed by atoms with E-state index in [2.05, 4.69) is 86.8 Å². The van der Waals surface area contributed by atoms with E-state index < -0.39 is 31.4 Å². The first kappa shape index (κ1) is 44.6. The molecule has 2 aromatic carbocycles. The molecule has 2 aliphatic carbocycles. The normalized spacial score (nSPS) is 22.8. The number of carbonyl (C=O) groups excluding carboxylic acids is 1. The largest absolute Gasteiger partial charge is 0.455 e. The predicted molar refractivity (Wildman–Crippen MR) is 250 cm³/mol. The van der Waals surface area contributed by atoms with Crippen molar-refractivity contribution in [1.82, 2.24) is 24.6 Å². The molecule has 2 saturated carbocycles. The van der Waals surface area contributed by atoms with E-state index >= 15 is 0 Å². The van der Waals surface area contributed by atoms with Gasteiger partial charge in [-0.15, -0.1) is 0 Å². The number of nitrogens with one attached hydrogen (secondary N) is 3. The maximum Gasteiger partial charge on any atom is 0.312 e. The lowest BCUT2D eigenvalue weighted by Crippen LogP contribution is -2.59. The molecule has 4 fully saturated rings. The number of pyridine rings is 2. The Kier molecular flexibility index (Phi) is 12.6. The van der Waals surface area contributed by atoms with Gasteiger partial charge in [0.05, 0.1) is 41.6 Å². The van der Waals surface area contributed by atoms with E-state index in [9.17, 15) is 23.3 Å². The molecule has 5 heterocycles. The highest BCUT2D eigenvalue weighted by molar-refractivity contribution is 7.90. The number of sulfonamides is 1. The van der Waals surface area contributed by atoms with Crippen LogP contribution in [0.5, 0.6) is 11.5 Å². The summed E-state index contributed by atoms with van der Waals surface area (Å²) in [5.74, 6) is 0.971. The van der Waals surface area contributed by atoms with Crippen molar-refractivity contribution in [2.75, 3.05) is 43.0 Å². The summed E-state index contributed by atoms with van der Waals surface area (Å²) in [4.78, 5) is 41.6. The number of fused-ring (bicyclic) bond motifs is 1. The van der Waals surface area contributed by atoms with Crippen molar-refractivity contribution < 1.29 is 27.6 Å². The molecule has 2 atom stereocenters. The van der Waals surface area contributed by atoms with Crippen LogP contribution in [-0.4, -0.2) is 84.0 Å². The van der Waals surface area contributed by atoms with Crippen LogP contribution in [0, 0.1) is 27.4 Å². The van der Waals surface area contributed by atoms with Crippen molar-refractivity contribution in [3.05, 3.63) is 106 Å². The second-order valence-electron chi connectivity index (χ2n) is 19.2. The highest BCUT2D eigenvalue weighted by Gasteiger charge is 2.50. The Bertz CT molecular complexity index is 2650. The molecule has 1 spiro atoms. The number of hydrogen-bond acceptors (Lipinski definition) is 12. The summed E-state index contributed by atoms with van der Waals surface area (Å²) in [6, 6.07) is 19.3. The van der Waals surface area contributed by atoms with Crippen molar-refractivity contribution in [3.63, 3.8) is 0 Å². The minimum absolute atomic E-state index is 0.0115. The molecule has 0 radical (unpaired) electrons. The molecule has 4 aliphatic rings. The second-order valence-corrected chi connectivity index (χ2v) is 20.9. The Balaban J connectivity index is 0.905. The fraction of sp³-hybridized carbons (Fsp3) is 0.490. The van der Waals surface area contributed by atoms with Crippen molar-refractivity contribution in [1.29, 1.82) is 0 Å². The van der Waals surface area contributed by atoms with Crippen molar-refractivity contribution in [2.24, 2.45) is 17.3 Å². The quantitative estimate of drug-likeness (QED) is 0.0753. The Morgan fingerprint density at radius 3 is 2.52 bits per heavy atom. The molecule has 3 aromatic heterocycles. The maximum atomic E-state index is 14.0. The number of anilines is 2. The zero-order valence-electron chi connectivity index (χ0n) is 37.7. The zero-order valence-corrected chi connectivity index (χ0v) is 38.5. The highest BCUT2D eigenvalue weighted by atomic mass is 32.2. The predicted octanol–water partition coefficient (Wildman–Crippen LogP) is 9.35. The van der Waals surface area contributed by atoms with E-state index in [-0.39, 0.29) is 34.7 Å². The maximum absolute atomic E-state index is 14.0. The zero-order chi connectivity index (χ0) is 45.5. The van der Waals surface area contributed by atoms with Crippen LogP contribution in [0.1, 0.15) is 113 Å². The number of aromatic nitrogens is 3. The molecule has 15 nitrogen and oxygen atoms in total. The number of morpholine rings is 1. The van der Waals surface area contributed by atoms with Gasteiger partial charge in [0, 0.05) is 61.6 Å². The molecule has 1 unspecified atom stereocenters. The molecule has 2 saturated heterocycles. The number of hydrogen-bond donors (Lipinski definition) is 3. The molecule has 344 valence electrons. The van der Waals surface area contributed by atoms with E-state index in [1.807, 2.05) is 12.1 Å². The van der Waals surface area contributed by atoms with E-state index in [0.717, 1.165) is 101 Å². The van der Waals surface area contributed by atoms with Crippen LogP contribution in [0.3, 0.4) is 0 Å². The first-order valence-electron chi connectivity index (χ1n) is 23.2. The number of nitro groups is 1. The van der Waals surface area contributed by atoms with Gasteiger partial charge in [-0.1, -0.05) is 57.9 Å². The van der Waals surface area contributed by atoms with Gasteiger partial charge in [0.25, 0.3) is 15.9 Å². The van der Waals surface area contributed by atoms with Crippen LogP contribution in [0.15, 0.2) is 84.1 Å². The standard InChI is InChI=1S/C49H60N8O7S/c1-31(2)40-7-5-6-8-41(40)45-33(4)63-22-21-56(45)37-26-49(27-37)16-19-55(20-17-49)36-13-14-42(44(24-36)64-38-23-35-15-18-50-46(35)52-29-38)48(58)54-65(61,62)39-25-43(57(59)60)47(53-30-39)51-28-34-11-9-32(3)10-12-34/h5-8,13-15,18,23-25,29-34,37,45H,9-12,16-17,19-22,26-28H2,1-4H3,(H,50,52)(H,51,53)(H,54,58)/t32-,33?,34+,45-/m0/s1. The van der Waals surface area contributed by atoms with E-state index in [1.54, 1.807) is 24.4 Å². The lowest BCUT2D eigenvalue weighted by Gasteiger charge is -2.58. The lowest BCUT2D eigenvalue weighted by atomic mass is 9.59. The third kappa shape index (κ3) is 9.43. The molecule has 65 heavy (non-hydrogen) atoms. The van der Waals surface area contributed by atoms with Crippen LogP contribution in [0.25, 0.3) is 11.0 Å². The highest BCUT2D eigenvalue weighted by Crippen LogP contribution is 2.54. The van der Waals surface area contributed by atoms with E-state index in [1.165, 1.54) is 17.3 Å². The number of H-pyrrole nitrogens is 1. The molecule has 2 aliphatic heterocycles. The monoisotopic (exact) mass is 904 g/mol. The average Bonchev–Trinajstić information content (AvgIpc) is 3.76. The molecular weight excluding hydrogens is 845 g/mol. The molecule has 0 bridgehead atoms. The second kappa shape index (κ2) is 18.4. The fourth-order valence-electron chi connectivity index (χ4n) is 10.8. The summed E-state index contributed by atoms with van der Waals surface area (Å²) in [5.41, 5.74) is 4.02.